The summed E-state index contributed by atoms with van der Waals surface area (Å²) in [4.78, 5) is 1.53. The molecule has 9 heteroatoms. The summed E-state index contributed by atoms with van der Waals surface area (Å²) in [6.07, 6.45) is 1.19. The van der Waals surface area contributed by atoms with Gasteiger partial charge in [-0.25, -0.2) is 8.42 Å². The molecule has 0 saturated carbocycles. The number of hydrogen-bond acceptors (Lipinski definition) is 6. The molecule has 0 spiro atoms. The predicted molar refractivity (Wildman–Crippen MR) is 99.4 cm³/mol. The molecule has 2 heterocycles. The van der Waals surface area contributed by atoms with E-state index in [4.69, 9.17) is 21.4 Å². The van der Waals surface area contributed by atoms with E-state index in [1.807, 2.05) is 24.3 Å². The second-order valence-electron chi connectivity index (χ2n) is 6.87. The van der Waals surface area contributed by atoms with Crippen molar-refractivity contribution in [2.45, 2.75) is 26.1 Å². The van der Waals surface area contributed by atoms with Gasteiger partial charge >= 0.3 is 0 Å². The number of quaternary nitrogens is 1. The Labute approximate surface area is 158 Å². The summed E-state index contributed by atoms with van der Waals surface area (Å²) in [7, 11) is 0.817. The van der Waals surface area contributed by atoms with Gasteiger partial charge in [-0.15, -0.1) is 5.10 Å². The zero-order valence-corrected chi connectivity index (χ0v) is 16.6. The van der Waals surface area contributed by atoms with Gasteiger partial charge in [-0.05, 0) is 48.8 Å². The van der Waals surface area contributed by atoms with Crippen LogP contribution in [0.2, 0.25) is 0 Å². The molecule has 26 heavy (non-hydrogen) atoms. The van der Waals surface area contributed by atoms with E-state index in [0.29, 0.717) is 30.2 Å². The summed E-state index contributed by atoms with van der Waals surface area (Å²) in [6, 6.07) is 7.96. The zero-order chi connectivity index (χ0) is 18.7. The molecule has 0 aliphatic carbocycles. The maximum Gasteiger partial charge on any atom is 0.291 e. The minimum atomic E-state index is -2.89. The largest absolute Gasteiger partial charge is 0.497 e. The third kappa shape index (κ3) is 4.93. The van der Waals surface area contributed by atoms with Crippen LogP contribution in [0.5, 0.6) is 5.75 Å². The number of rotatable bonds is 7. The first-order valence-electron chi connectivity index (χ1n) is 8.56. The van der Waals surface area contributed by atoms with Gasteiger partial charge in [-0.1, -0.05) is 0 Å². The average Bonchev–Trinajstić information content (AvgIpc) is 3.10. The number of aromatic nitrogens is 2. The lowest BCUT2D eigenvalue weighted by Crippen LogP contribution is -3.07. The number of nitrogens with one attached hydrogen (secondary N) is 1. The van der Waals surface area contributed by atoms with Gasteiger partial charge in [0.1, 0.15) is 12.3 Å². The monoisotopic (exact) mass is 398 g/mol. The molecule has 1 saturated heterocycles. The van der Waals surface area contributed by atoms with Crippen LogP contribution in [0.25, 0.3) is 0 Å². The van der Waals surface area contributed by atoms with Crippen molar-refractivity contribution in [3.8, 4) is 5.75 Å². The minimum absolute atomic E-state index is 0.0749. The molecule has 1 fully saturated rings. The van der Waals surface area contributed by atoms with Gasteiger partial charge < -0.3 is 14.1 Å². The summed E-state index contributed by atoms with van der Waals surface area (Å²) < 4.78 is 35.6. The lowest BCUT2D eigenvalue weighted by Gasteiger charge is -2.13. The van der Waals surface area contributed by atoms with E-state index in [-0.39, 0.29) is 17.4 Å². The van der Waals surface area contributed by atoms with Crippen LogP contribution in [-0.2, 0) is 29.5 Å². The molecule has 1 aromatic heterocycles. The Hall–Kier alpha value is -1.71. The average molecular weight is 399 g/mol. The quantitative estimate of drug-likeness (QED) is 0.697. The minimum Gasteiger partial charge on any atom is -0.497 e. The Balaban J connectivity index is 1.59. The topological polar surface area (TPSA) is 78.8 Å². The van der Waals surface area contributed by atoms with Crippen LogP contribution in [0, 0.1) is 10.8 Å². The molecule has 1 aromatic carbocycles. The Bertz CT molecular complexity index is 903. The number of hydrogen-bond donors (Lipinski definition) is 1. The molecule has 7 nitrogen and oxygen atoms in total. The van der Waals surface area contributed by atoms with E-state index in [9.17, 15) is 8.42 Å². The van der Waals surface area contributed by atoms with Crippen LogP contribution in [0.15, 0.2) is 28.7 Å². The van der Waals surface area contributed by atoms with Gasteiger partial charge in [0, 0.05) is 12.0 Å². The van der Waals surface area contributed by atoms with E-state index in [1.54, 1.807) is 11.8 Å². The second-order valence-corrected chi connectivity index (χ2v) is 9.45. The molecule has 3 rings (SSSR count). The number of sulfone groups is 1. The first-order chi connectivity index (χ1) is 12.3. The fourth-order valence-corrected chi connectivity index (χ4v) is 5.28. The smallest absolute Gasteiger partial charge is 0.291 e. The fraction of sp³-hybridized carbons (Fsp3) is 0.529. The molecule has 0 radical (unpaired) electrons. The van der Waals surface area contributed by atoms with Crippen molar-refractivity contribution in [2.75, 3.05) is 25.7 Å². The summed E-state index contributed by atoms with van der Waals surface area (Å²) in [5.41, 5.74) is 1.19. The highest BCUT2D eigenvalue weighted by Gasteiger charge is 2.29. The van der Waals surface area contributed by atoms with Gasteiger partial charge in [-0.2, -0.15) is 4.68 Å². The third-order valence-electron chi connectivity index (χ3n) is 4.52. The number of benzene rings is 1. The highest BCUT2D eigenvalue weighted by Crippen LogP contribution is 2.22. The molecule has 1 unspecified atom stereocenters. The second kappa shape index (κ2) is 7.89. The molecule has 1 aliphatic rings. The van der Waals surface area contributed by atoms with Crippen molar-refractivity contribution >= 4 is 22.1 Å². The first kappa shape index (κ1) is 19.1. The van der Waals surface area contributed by atoms with Crippen molar-refractivity contribution < 1.29 is 22.5 Å². The summed E-state index contributed by atoms with van der Waals surface area (Å²) in [5.74, 6) is 1.91. The van der Waals surface area contributed by atoms with Gasteiger partial charge in [-0.3, -0.25) is 0 Å². The van der Waals surface area contributed by atoms with Crippen molar-refractivity contribution in [1.82, 2.24) is 9.78 Å². The Kier molecular flexibility index (Phi) is 5.79. The summed E-state index contributed by atoms with van der Waals surface area (Å²) in [6.45, 7) is 1.39. The predicted octanol–water partition coefficient (Wildman–Crippen LogP) is 0.864. The molecular weight excluding hydrogens is 374 g/mol. The Morgan fingerprint density at radius 3 is 2.73 bits per heavy atom. The van der Waals surface area contributed by atoms with Crippen LogP contribution in [0.4, 0.5) is 0 Å². The number of nitrogens with zero attached hydrogens (tertiary/aromatic N) is 2. The van der Waals surface area contributed by atoms with Gasteiger partial charge in [0.25, 0.3) is 4.84 Å². The van der Waals surface area contributed by atoms with Gasteiger partial charge in [0.15, 0.2) is 16.5 Å². The molecule has 1 aliphatic heterocycles. The summed E-state index contributed by atoms with van der Waals surface area (Å²) >= 11 is 5.26. The lowest BCUT2D eigenvalue weighted by molar-refractivity contribution is -0.917. The fourth-order valence-electron chi connectivity index (χ4n) is 3.22. The van der Waals surface area contributed by atoms with Crippen LogP contribution < -0.4 is 9.64 Å². The lowest BCUT2D eigenvalue weighted by atomic mass is 10.1. The highest BCUT2D eigenvalue weighted by molar-refractivity contribution is 7.91. The molecular formula is C17H24N3O4S2+. The van der Waals surface area contributed by atoms with E-state index < -0.39 is 9.84 Å². The molecule has 1 N–H and O–H groups in total. The van der Waals surface area contributed by atoms with E-state index in [2.05, 4.69) is 12.1 Å². The van der Waals surface area contributed by atoms with Gasteiger partial charge in [0.05, 0.1) is 25.7 Å². The molecule has 0 bridgehead atoms. The summed E-state index contributed by atoms with van der Waals surface area (Å²) in [5, 5.41) is 4.44. The number of ether oxygens (including phenoxy) is 1. The Morgan fingerprint density at radius 1 is 1.38 bits per heavy atom. The van der Waals surface area contributed by atoms with Crippen molar-refractivity contribution in [3.63, 3.8) is 0 Å². The maximum absolute atomic E-state index is 11.6. The van der Waals surface area contributed by atoms with Gasteiger partial charge in [0.2, 0.25) is 5.89 Å². The zero-order valence-electron chi connectivity index (χ0n) is 15.0. The van der Waals surface area contributed by atoms with Crippen molar-refractivity contribution in [1.29, 1.82) is 0 Å². The standard InChI is InChI=1S/C17H23N3O4S2/c1-19(10-13-3-5-15(23-2)6-4-13)12-20-17(25)24-16(18-20)9-14-7-8-26(21,22)11-14/h3-6,14H,7-12H2,1-2H3/p+1/t14-/m0/s1. The third-order valence-corrected chi connectivity index (χ3v) is 6.65. The maximum atomic E-state index is 11.6. The first-order valence-corrected chi connectivity index (χ1v) is 10.8. The van der Waals surface area contributed by atoms with E-state index in [0.717, 1.165) is 12.3 Å². The SMILES string of the molecule is COc1ccc(C[NH+](C)Cn2nc(C[C@@H]3CCS(=O)(=O)C3)oc2=S)cc1. The van der Waals surface area contributed by atoms with Crippen LogP contribution >= 0.6 is 12.2 Å². The van der Waals surface area contributed by atoms with Crippen molar-refractivity contribution in [3.05, 3.63) is 40.6 Å². The highest BCUT2D eigenvalue weighted by atomic mass is 32.2. The molecule has 0 amide bonds. The normalized spacial score (nSPS) is 20.2. The van der Waals surface area contributed by atoms with Crippen molar-refractivity contribution in [2.24, 2.45) is 5.92 Å². The molecule has 142 valence electrons. The van der Waals surface area contributed by atoms with Crippen LogP contribution in [0.3, 0.4) is 0 Å². The molecule has 2 atom stereocenters. The van der Waals surface area contributed by atoms with E-state index in [1.165, 1.54) is 10.5 Å². The van der Waals surface area contributed by atoms with E-state index >= 15 is 0 Å². The Morgan fingerprint density at radius 2 is 2.12 bits per heavy atom. The van der Waals surface area contributed by atoms with Crippen LogP contribution in [-0.4, -0.2) is 43.9 Å². The molecule has 2 aromatic rings. The number of methoxy groups -OCH3 is 1. The van der Waals surface area contributed by atoms with Crippen LogP contribution in [0.1, 0.15) is 17.9 Å².